The molecule has 3 fully saturated rings. The zero-order valence-electron chi connectivity index (χ0n) is 14.1. The first-order valence-electron chi connectivity index (χ1n) is 9.04. The zero-order chi connectivity index (χ0) is 15.4. The fourth-order valence-corrected chi connectivity index (χ4v) is 5.20. The SMILES string of the molecule is Cc1cc(C(=O)N[C@@H](C)[C@@H]2C[C@H]3CC[C@H]2C3)c(C)n1C1CC1. The lowest BCUT2D eigenvalue weighted by Gasteiger charge is -2.28. The predicted octanol–water partition coefficient (Wildman–Crippen LogP) is 3.99. The van der Waals surface area contributed by atoms with Gasteiger partial charge in [-0.15, -0.1) is 0 Å². The molecular formula is C19H28N2O. The number of amides is 1. The first-order chi connectivity index (χ1) is 10.5. The number of aromatic nitrogens is 1. The van der Waals surface area contributed by atoms with Crippen LogP contribution >= 0.6 is 0 Å². The van der Waals surface area contributed by atoms with Crippen LogP contribution in [0.4, 0.5) is 0 Å². The van der Waals surface area contributed by atoms with E-state index in [4.69, 9.17) is 0 Å². The van der Waals surface area contributed by atoms with Gasteiger partial charge in [0.15, 0.2) is 0 Å². The van der Waals surface area contributed by atoms with E-state index in [1.807, 2.05) is 0 Å². The lowest BCUT2D eigenvalue weighted by molar-refractivity contribution is 0.0914. The molecule has 3 nitrogen and oxygen atoms in total. The predicted molar refractivity (Wildman–Crippen MR) is 88.0 cm³/mol. The Kier molecular flexibility index (Phi) is 3.35. The van der Waals surface area contributed by atoms with Crippen LogP contribution < -0.4 is 5.32 Å². The molecule has 0 radical (unpaired) electrons. The van der Waals surface area contributed by atoms with Crippen LogP contribution in [0.3, 0.4) is 0 Å². The minimum Gasteiger partial charge on any atom is -0.349 e. The molecule has 3 heteroatoms. The smallest absolute Gasteiger partial charge is 0.253 e. The Morgan fingerprint density at radius 1 is 1.23 bits per heavy atom. The molecule has 1 aromatic rings. The van der Waals surface area contributed by atoms with Crippen LogP contribution in [-0.2, 0) is 0 Å². The van der Waals surface area contributed by atoms with Crippen molar-refractivity contribution in [3.05, 3.63) is 23.0 Å². The highest BCUT2D eigenvalue weighted by atomic mass is 16.1. The molecule has 2 bridgehead atoms. The van der Waals surface area contributed by atoms with Gasteiger partial charge in [-0.3, -0.25) is 4.79 Å². The molecule has 4 rings (SSSR count). The lowest BCUT2D eigenvalue weighted by Crippen LogP contribution is -2.40. The number of fused-ring (bicyclic) bond motifs is 2. The highest BCUT2D eigenvalue weighted by molar-refractivity contribution is 5.96. The number of rotatable bonds is 4. The molecule has 1 aromatic heterocycles. The summed E-state index contributed by atoms with van der Waals surface area (Å²) in [7, 11) is 0. The Balaban J connectivity index is 1.47. The standard InChI is InChI=1S/C19H28N2O/c1-11-8-18(13(3)21(11)16-6-7-16)19(22)20-12(2)17-10-14-4-5-15(17)9-14/h8,12,14-17H,4-7,9-10H2,1-3H3,(H,20,22)/t12-,14-,15-,17-/m0/s1. The molecule has 120 valence electrons. The topological polar surface area (TPSA) is 34.0 Å². The summed E-state index contributed by atoms with van der Waals surface area (Å²) in [6.07, 6.45) is 8.06. The molecule has 0 saturated heterocycles. The van der Waals surface area contributed by atoms with Crippen molar-refractivity contribution in [3.8, 4) is 0 Å². The fraction of sp³-hybridized carbons (Fsp3) is 0.737. The highest BCUT2D eigenvalue weighted by Crippen LogP contribution is 2.49. The van der Waals surface area contributed by atoms with E-state index in [0.717, 1.165) is 23.1 Å². The van der Waals surface area contributed by atoms with Crippen LogP contribution in [0, 0.1) is 31.6 Å². The number of nitrogens with one attached hydrogen (secondary N) is 1. The van der Waals surface area contributed by atoms with E-state index in [-0.39, 0.29) is 5.91 Å². The van der Waals surface area contributed by atoms with Crippen molar-refractivity contribution < 1.29 is 4.79 Å². The van der Waals surface area contributed by atoms with E-state index in [1.165, 1.54) is 44.2 Å². The minimum atomic E-state index is 0.135. The maximum absolute atomic E-state index is 12.7. The van der Waals surface area contributed by atoms with Gasteiger partial charge >= 0.3 is 0 Å². The van der Waals surface area contributed by atoms with Gasteiger partial charge in [0.2, 0.25) is 0 Å². The van der Waals surface area contributed by atoms with E-state index in [1.54, 1.807) is 0 Å². The Bertz CT molecular complexity index is 599. The van der Waals surface area contributed by atoms with Crippen LogP contribution in [0.15, 0.2) is 6.07 Å². The molecule has 3 aliphatic rings. The second-order valence-corrected chi connectivity index (χ2v) is 7.99. The quantitative estimate of drug-likeness (QED) is 0.896. The largest absolute Gasteiger partial charge is 0.349 e. The number of hydrogen-bond acceptors (Lipinski definition) is 1. The first kappa shape index (κ1) is 14.3. The molecule has 0 spiro atoms. The van der Waals surface area contributed by atoms with Crippen LogP contribution in [0.1, 0.15) is 73.2 Å². The third-order valence-corrected chi connectivity index (χ3v) is 6.43. The van der Waals surface area contributed by atoms with E-state index in [0.29, 0.717) is 18.0 Å². The minimum absolute atomic E-state index is 0.135. The molecule has 0 aliphatic heterocycles. The number of carbonyl (C=O) groups excluding carboxylic acids is 1. The van der Waals surface area contributed by atoms with Crippen molar-refractivity contribution >= 4 is 5.91 Å². The molecular weight excluding hydrogens is 272 g/mol. The van der Waals surface area contributed by atoms with Gasteiger partial charge in [-0.05, 0) is 76.7 Å². The van der Waals surface area contributed by atoms with E-state index >= 15 is 0 Å². The van der Waals surface area contributed by atoms with Crippen LogP contribution in [0.25, 0.3) is 0 Å². The lowest BCUT2D eigenvalue weighted by atomic mass is 9.84. The molecule has 22 heavy (non-hydrogen) atoms. The van der Waals surface area contributed by atoms with Gasteiger partial charge in [0.1, 0.15) is 0 Å². The fourth-order valence-electron chi connectivity index (χ4n) is 5.20. The number of carbonyl (C=O) groups is 1. The summed E-state index contributed by atoms with van der Waals surface area (Å²) in [5, 5.41) is 3.31. The van der Waals surface area contributed by atoms with Gasteiger partial charge in [0.05, 0.1) is 5.56 Å². The molecule has 3 saturated carbocycles. The maximum Gasteiger partial charge on any atom is 0.253 e. The number of nitrogens with zero attached hydrogens (tertiary/aromatic N) is 1. The second kappa shape index (κ2) is 5.14. The molecule has 1 amide bonds. The van der Waals surface area contributed by atoms with Crippen molar-refractivity contribution in [2.75, 3.05) is 0 Å². The molecule has 0 unspecified atom stereocenters. The maximum atomic E-state index is 12.7. The zero-order valence-corrected chi connectivity index (χ0v) is 14.1. The van der Waals surface area contributed by atoms with Crippen molar-refractivity contribution in [1.29, 1.82) is 0 Å². The van der Waals surface area contributed by atoms with Gasteiger partial charge in [-0.2, -0.15) is 0 Å². The summed E-state index contributed by atoms with van der Waals surface area (Å²) in [6.45, 7) is 6.44. The molecule has 3 aliphatic carbocycles. The van der Waals surface area contributed by atoms with Crippen molar-refractivity contribution in [3.63, 3.8) is 0 Å². The van der Waals surface area contributed by atoms with E-state index in [2.05, 4.69) is 36.7 Å². The highest BCUT2D eigenvalue weighted by Gasteiger charge is 2.42. The van der Waals surface area contributed by atoms with Crippen molar-refractivity contribution in [2.45, 2.75) is 71.4 Å². The van der Waals surface area contributed by atoms with Gasteiger partial charge in [0.25, 0.3) is 5.91 Å². The third kappa shape index (κ3) is 2.29. The summed E-state index contributed by atoms with van der Waals surface area (Å²) in [5.74, 6) is 2.64. The van der Waals surface area contributed by atoms with Gasteiger partial charge < -0.3 is 9.88 Å². The molecule has 0 aromatic carbocycles. The summed E-state index contributed by atoms with van der Waals surface area (Å²) in [6, 6.07) is 3.03. The molecule has 4 atom stereocenters. The van der Waals surface area contributed by atoms with Crippen LogP contribution in [0.2, 0.25) is 0 Å². The first-order valence-corrected chi connectivity index (χ1v) is 9.04. The van der Waals surface area contributed by atoms with Gasteiger partial charge in [-0.25, -0.2) is 0 Å². The van der Waals surface area contributed by atoms with Crippen molar-refractivity contribution in [1.82, 2.24) is 9.88 Å². The van der Waals surface area contributed by atoms with E-state index < -0.39 is 0 Å². The average molecular weight is 300 g/mol. The normalized spacial score (nSPS) is 31.5. The number of aryl methyl sites for hydroxylation is 1. The van der Waals surface area contributed by atoms with Crippen LogP contribution in [-0.4, -0.2) is 16.5 Å². The second-order valence-electron chi connectivity index (χ2n) is 7.99. The summed E-state index contributed by atoms with van der Waals surface area (Å²) >= 11 is 0. The molecule has 1 heterocycles. The molecule has 1 N–H and O–H groups in total. The van der Waals surface area contributed by atoms with Gasteiger partial charge in [0, 0.05) is 23.5 Å². The third-order valence-electron chi connectivity index (χ3n) is 6.43. The van der Waals surface area contributed by atoms with Crippen LogP contribution in [0.5, 0.6) is 0 Å². The number of hydrogen-bond donors (Lipinski definition) is 1. The average Bonchev–Trinajstić information content (AvgIpc) is 2.95. The van der Waals surface area contributed by atoms with Gasteiger partial charge in [-0.1, -0.05) is 6.42 Å². The summed E-state index contributed by atoms with van der Waals surface area (Å²) in [4.78, 5) is 12.7. The Labute approximate surface area is 133 Å². The summed E-state index contributed by atoms with van der Waals surface area (Å²) in [5.41, 5.74) is 3.27. The Hall–Kier alpha value is -1.25. The Morgan fingerprint density at radius 2 is 2.00 bits per heavy atom. The van der Waals surface area contributed by atoms with Crippen molar-refractivity contribution in [2.24, 2.45) is 17.8 Å². The summed E-state index contributed by atoms with van der Waals surface area (Å²) < 4.78 is 2.36. The Morgan fingerprint density at radius 3 is 2.59 bits per heavy atom. The monoisotopic (exact) mass is 300 g/mol. The van der Waals surface area contributed by atoms with E-state index in [9.17, 15) is 4.79 Å².